The van der Waals surface area contributed by atoms with Gasteiger partial charge in [-0.2, -0.15) is 0 Å². The van der Waals surface area contributed by atoms with Crippen LogP contribution < -0.4 is 5.32 Å². The monoisotopic (exact) mass is 357 g/mol. The quantitative estimate of drug-likeness (QED) is 0.805. The lowest BCUT2D eigenvalue weighted by Crippen LogP contribution is -2.41. The molecule has 0 unspecified atom stereocenters. The third-order valence-corrected chi connectivity index (χ3v) is 6.62. The molecule has 1 aliphatic heterocycles. The minimum atomic E-state index is 0.348. The van der Waals surface area contributed by atoms with Crippen molar-refractivity contribution in [2.75, 3.05) is 33.4 Å². The first-order chi connectivity index (χ1) is 12.3. The molecule has 2 aromatic rings. The number of thiazole rings is 1. The van der Waals surface area contributed by atoms with Gasteiger partial charge in [-0.05, 0) is 48.9 Å². The predicted octanol–water partition coefficient (Wildman–Crippen LogP) is 3.36. The summed E-state index contributed by atoms with van der Waals surface area (Å²) < 4.78 is 5.22. The predicted molar refractivity (Wildman–Crippen MR) is 102 cm³/mol. The highest BCUT2D eigenvalue weighted by molar-refractivity contribution is 7.09. The van der Waals surface area contributed by atoms with Crippen LogP contribution in [0.25, 0.3) is 0 Å². The molecule has 25 heavy (non-hydrogen) atoms. The van der Waals surface area contributed by atoms with E-state index in [0.717, 1.165) is 19.7 Å². The van der Waals surface area contributed by atoms with Crippen LogP contribution in [-0.4, -0.2) is 43.2 Å². The second-order valence-electron chi connectivity index (χ2n) is 7.27. The minimum absolute atomic E-state index is 0.348. The first-order valence-electron chi connectivity index (χ1n) is 9.23. The van der Waals surface area contributed by atoms with Crippen LogP contribution in [0.2, 0.25) is 0 Å². The minimum Gasteiger partial charge on any atom is -0.383 e. The van der Waals surface area contributed by atoms with E-state index in [9.17, 15) is 0 Å². The van der Waals surface area contributed by atoms with Crippen molar-refractivity contribution in [3.63, 3.8) is 0 Å². The molecule has 1 aliphatic carbocycles. The largest absolute Gasteiger partial charge is 0.383 e. The Bertz CT molecular complexity index is 680. The highest BCUT2D eigenvalue weighted by Crippen LogP contribution is 2.50. The molecular formula is C20H27N3OS. The highest BCUT2D eigenvalue weighted by atomic mass is 32.1. The van der Waals surface area contributed by atoms with Crippen molar-refractivity contribution in [2.45, 2.75) is 37.3 Å². The van der Waals surface area contributed by atoms with E-state index < -0.39 is 0 Å². The molecule has 134 valence electrons. The van der Waals surface area contributed by atoms with Gasteiger partial charge in [0.25, 0.3) is 0 Å². The van der Waals surface area contributed by atoms with Gasteiger partial charge >= 0.3 is 0 Å². The zero-order valence-corrected chi connectivity index (χ0v) is 15.7. The van der Waals surface area contributed by atoms with Crippen LogP contribution in [0.5, 0.6) is 0 Å². The maximum absolute atomic E-state index is 5.22. The molecule has 1 saturated heterocycles. The second-order valence-corrected chi connectivity index (χ2v) is 8.25. The summed E-state index contributed by atoms with van der Waals surface area (Å²) in [5, 5.41) is 7.02. The Kier molecular flexibility index (Phi) is 5.17. The van der Waals surface area contributed by atoms with E-state index in [4.69, 9.17) is 4.74 Å². The first kappa shape index (κ1) is 17.2. The van der Waals surface area contributed by atoms with Crippen molar-refractivity contribution in [3.8, 4) is 0 Å². The van der Waals surface area contributed by atoms with Gasteiger partial charge in [-0.15, -0.1) is 11.3 Å². The molecule has 0 amide bonds. The van der Waals surface area contributed by atoms with E-state index in [0.29, 0.717) is 11.5 Å². The molecule has 0 bridgehead atoms. The average Bonchev–Trinajstić information content (AvgIpc) is 3.25. The van der Waals surface area contributed by atoms with Crippen molar-refractivity contribution >= 4 is 11.3 Å². The Balaban J connectivity index is 1.45. The molecule has 2 heterocycles. The summed E-state index contributed by atoms with van der Waals surface area (Å²) in [6.45, 7) is 5.03. The van der Waals surface area contributed by atoms with Gasteiger partial charge in [-0.1, -0.05) is 24.3 Å². The van der Waals surface area contributed by atoms with Gasteiger partial charge < -0.3 is 10.1 Å². The molecule has 1 fully saturated rings. The normalized spacial score (nSPS) is 22.4. The molecule has 1 atom stereocenters. The van der Waals surface area contributed by atoms with Crippen LogP contribution in [-0.2, 0) is 16.7 Å². The Morgan fingerprint density at radius 1 is 1.32 bits per heavy atom. The third kappa shape index (κ3) is 3.51. The molecule has 1 aromatic carbocycles. The highest BCUT2D eigenvalue weighted by Gasteiger charge is 2.45. The van der Waals surface area contributed by atoms with Crippen LogP contribution in [0.4, 0.5) is 0 Å². The smallest absolute Gasteiger partial charge is 0.107 e. The van der Waals surface area contributed by atoms with E-state index >= 15 is 0 Å². The summed E-state index contributed by atoms with van der Waals surface area (Å²) in [5.41, 5.74) is 3.44. The number of nitrogens with zero attached hydrogens (tertiary/aromatic N) is 2. The summed E-state index contributed by atoms with van der Waals surface area (Å²) in [7, 11) is 1.77. The number of benzene rings is 1. The van der Waals surface area contributed by atoms with Crippen molar-refractivity contribution in [3.05, 3.63) is 52.0 Å². The van der Waals surface area contributed by atoms with Crippen LogP contribution >= 0.6 is 11.3 Å². The number of fused-ring (bicyclic) bond motifs is 2. The Hall–Kier alpha value is -1.27. The Morgan fingerprint density at radius 2 is 2.16 bits per heavy atom. The standard InChI is InChI=1S/C20H27N3OS/c1-24-12-8-21-18-14-20(17-5-3-2-4-16(17)18)6-10-23(11-7-20)15-19-22-9-13-25-19/h2-5,9,13,18,21H,6-8,10-12,14-15H2,1H3/t18-/m0/s1. The van der Waals surface area contributed by atoms with E-state index in [2.05, 4.69) is 44.8 Å². The van der Waals surface area contributed by atoms with Crippen molar-refractivity contribution in [1.82, 2.24) is 15.2 Å². The molecule has 4 nitrogen and oxygen atoms in total. The lowest BCUT2D eigenvalue weighted by atomic mass is 9.73. The summed E-state index contributed by atoms with van der Waals surface area (Å²) >= 11 is 1.77. The molecular weight excluding hydrogens is 330 g/mol. The number of methoxy groups -OCH3 is 1. The molecule has 5 heteroatoms. The second kappa shape index (κ2) is 7.54. The zero-order chi connectivity index (χ0) is 17.1. The number of rotatable bonds is 6. The van der Waals surface area contributed by atoms with Crippen molar-refractivity contribution in [1.29, 1.82) is 0 Å². The topological polar surface area (TPSA) is 37.4 Å². The Labute approximate surface area is 154 Å². The lowest BCUT2D eigenvalue weighted by molar-refractivity contribution is 0.144. The molecule has 0 saturated carbocycles. The summed E-state index contributed by atoms with van der Waals surface area (Å²) in [5.74, 6) is 0. The van der Waals surface area contributed by atoms with Gasteiger partial charge in [-0.25, -0.2) is 4.98 Å². The van der Waals surface area contributed by atoms with Gasteiger partial charge in [0.2, 0.25) is 0 Å². The van der Waals surface area contributed by atoms with E-state index in [-0.39, 0.29) is 0 Å². The molecule has 2 aliphatic rings. The lowest BCUT2D eigenvalue weighted by Gasteiger charge is -2.40. The summed E-state index contributed by atoms with van der Waals surface area (Å²) in [4.78, 5) is 7.01. The number of hydrogen-bond donors (Lipinski definition) is 1. The number of nitrogens with one attached hydrogen (secondary N) is 1. The van der Waals surface area contributed by atoms with Crippen LogP contribution in [0.3, 0.4) is 0 Å². The van der Waals surface area contributed by atoms with E-state index in [1.54, 1.807) is 24.0 Å². The maximum atomic E-state index is 5.22. The van der Waals surface area contributed by atoms with E-state index in [1.165, 1.54) is 42.9 Å². The summed E-state index contributed by atoms with van der Waals surface area (Å²) in [6.07, 6.45) is 5.63. The fourth-order valence-corrected chi connectivity index (χ4v) is 5.20. The zero-order valence-electron chi connectivity index (χ0n) is 14.9. The van der Waals surface area contributed by atoms with Gasteiger partial charge in [0, 0.05) is 31.3 Å². The number of likely N-dealkylation sites (tertiary alicyclic amines) is 1. The fourth-order valence-electron chi connectivity index (χ4n) is 4.55. The van der Waals surface area contributed by atoms with Crippen molar-refractivity contribution in [2.24, 2.45) is 0 Å². The van der Waals surface area contributed by atoms with Gasteiger partial charge in [-0.3, -0.25) is 4.90 Å². The van der Waals surface area contributed by atoms with Gasteiger partial charge in [0.1, 0.15) is 5.01 Å². The molecule has 1 N–H and O–H groups in total. The average molecular weight is 358 g/mol. The fraction of sp³-hybridized carbons (Fsp3) is 0.550. The number of ether oxygens (including phenoxy) is 1. The SMILES string of the molecule is COCCN[C@H]1CC2(CCN(Cc3nccs3)CC2)c2ccccc21. The first-order valence-corrected chi connectivity index (χ1v) is 10.1. The Morgan fingerprint density at radius 3 is 2.92 bits per heavy atom. The van der Waals surface area contributed by atoms with Gasteiger partial charge in [0.15, 0.2) is 0 Å². The van der Waals surface area contributed by atoms with Crippen molar-refractivity contribution < 1.29 is 4.74 Å². The number of piperidine rings is 1. The number of hydrogen-bond acceptors (Lipinski definition) is 5. The molecule has 1 aromatic heterocycles. The van der Waals surface area contributed by atoms with E-state index in [1.807, 2.05) is 6.20 Å². The summed E-state index contributed by atoms with van der Waals surface area (Å²) in [6, 6.07) is 9.54. The van der Waals surface area contributed by atoms with Crippen LogP contribution in [0.1, 0.15) is 41.4 Å². The van der Waals surface area contributed by atoms with Crippen LogP contribution in [0, 0.1) is 0 Å². The third-order valence-electron chi connectivity index (χ3n) is 5.85. The molecule has 4 rings (SSSR count). The number of aromatic nitrogens is 1. The maximum Gasteiger partial charge on any atom is 0.107 e. The van der Waals surface area contributed by atoms with Gasteiger partial charge in [0.05, 0.1) is 13.2 Å². The molecule has 1 spiro atoms. The molecule has 0 radical (unpaired) electrons. The van der Waals surface area contributed by atoms with Crippen LogP contribution in [0.15, 0.2) is 35.8 Å².